The van der Waals surface area contributed by atoms with Gasteiger partial charge in [-0.05, 0) is 67.2 Å². The molecule has 3 aromatic heterocycles. The van der Waals surface area contributed by atoms with Gasteiger partial charge in [-0.2, -0.15) is 4.68 Å². The Morgan fingerprint density at radius 3 is 2.23 bits per heavy atom. The molecule has 1 spiro atoms. The predicted octanol–water partition coefficient (Wildman–Crippen LogP) is 8.92. The maximum absolute atomic E-state index is 13.6. The molecule has 5 aromatic carbocycles. The Bertz CT molecular complexity index is 3350. The molecule has 370 valence electrons. The smallest absolute Gasteiger partial charge is 0.340 e. The SMILES string of the molecule is O=C(NCCCOCCOCCOCNC(=S)Nc1ccc2c(c1)C(=O)OC21c2ccc(O)cc2Oc2cc(O)ccc21)c1ccc(-c2csc(-n3[nH]c(-c4ccccc4)c(N=Nc4nccs4)c3=O)n2)cc1. The lowest BCUT2D eigenvalue weighted by Crippen LogP contribution is -2.33. The number of thiazole rings is 2. The van der Waals surface area contributed by atoms with Crippen LogP contribution in [0.15, 0.2) is 141 Å². The van der Waals surface area contributed by atoms with Crippen molar-refractivity contribution in [2.75, 3.05) is 51.6 Å². The average molecular weight is 1040 g/mol. The maximum atomic E-state index is 13.6. The lowest BCUT2D eigenvalue weighted by atomic mass is 9.77. The minimum absolute atomic E-state index is 0.0256. The van der Waals surface area contributed by atoms with Gasteiger partial charge in [-0.25, -0.2) is 14.8 Å². The number of nitrogens with zero attached hydrogens (tertiary/aromatic N) is 5. The number of anilines is 1. The van der Waals surface area contributed by atoms with Crippen LogP contribution >= 0.6 is 34.9 Å². The average Bonchev–Trinajstić information content (AvgIpc) is 4.23. The van der Waals surface area contributed by atoms with E-state index in [0.717, 1.165) is 11.1 Å². The highest BCUT2D eigenvalue weighted by molar-refractivity contribution is 7.80. The molecule has 5 heterocycles. The zero-order valence-electron chi connectivity index (χ0n) is 38.4. The van der Waals surface area contributed by atoms with Crippen molar-refractivity contribution in [1.82, 2.24) is 30.4 Å². The molecular formula is C51H43N9O10S3. The van der Waals surface area contributed by atoms with Gasteiger partial charge in [-0.3, -0.25) is 14.7 Å². The topological polar surface area (TPSA) is 245 Å². The molecule has 6 N–H and O–H groups in total. The third-order valence-electron chi connectivity index (χ3n) is 11.6. The second-order valence-electron chi connectivity index (χ2n) is 16.3. The van der Waals surface area contributed by atoms with Crippen LogP contribution in [0.4, 0.5) is 16.5 Å². The molecule has 2 aliphatic rings. The monoisotopic (exact) mass is 1040 g/mol. The van der Waals surface area contributed by atoms with Gasteiger partial charge in [0.15, 0.2) is 16.4 Å². The number of rotatable bonds is 19. The Balaban J connectivity index is 0.608. The number of ether oxygens (including phenoxy) is 5. The maximum Gasteiger partial charge on any atom is 0.340 e. The molecule has 0 unspecified atom stereocenters. The number of hydrogen-bond acceptors (Lipinski definition) is 17. The van der Waals surface area contributed by atoms with Gasteiger partial charge in [0.25, 0.3) is 5.91 Å². The number of thiocarbonyl (C=S) groups is 1. The van der Waals surface area contributed by atoms with Crippen molar-refractivity contribution in [3.05, 3.63) is 164 Å². The van der Waals surface area contributed by atoms with E-state index in [0.29, 0.717) is 113 Å². The summed E-state index contributed by atoms with van der Waals surface area (Å²) in [4.78, 5) is 48.7. The molecule has 19 nitrogen and oxygen atoms in total. The molecule has 1 amide bonds. The number of nitrogens with one attached hydrogen (secondary N) is 4. The van der Waals surface area contributed by atoms with E-state index in [9.17, 15) is 24.6 Å². The first-order valence-electron chi connectivity index (χ1n) is 22.7. The van der Waals surface area contributed by atoms with Gasteiger partial charge < -0.3 is 49.8 Å². The van der Waals surface area contributed by atoms with E-state index in [1.54, 1.807) is 54.0 Å². The summed E-state index contributed by atoms with van der Waals surface area (Å²) in [5, 5.41) is 45.6. The lowest BCUT2D eigenvalue weighted by Gasteiger charge is -2.36. The van der Waals surface area contributed by atoms with Crippen molar-refractivity contribution in [3.8, 4) is 50.6 Å². The largest absolute Gasteiger partial charge is 0.508 e. The van der Waals surface area contributed by atoms with Crippen molar-refractivity contribution in [3.63, 3.8) is 0 Å². The van der Waals surface area contributed by atoms with Crippen molar-refractivity contribution in [2.45, 2.75) is 12.0 Å². The summed E-state index contributed by atoms with van der Waals surface area (Å²) in [5.41, 5.74) is 4.07. The number of aromatic hydroxyl groups is 2. The number of amides is 1. The minimum atomic E-state index is -1.36. The van der Waals surface area contributed by atoms with E-state index < -0.39 is 17.1 Å². The fraction of sp³-hybridized carbons (Fsp3) is 0.176. The van der Waals surface area contributed by atoms with Gasteiger partial charge in [-0.1, -0.05) is 48.5 Å². The third kappa shape index (κ3) is 10.5. The number of benzene rings is 5. The fourth-order valence-electron chi connectivity index (χ4n) is 8.18. The number of phenolic OH excluding ortho intramolecular Hbond substituents is 2. The summed E-state index contributed by atoms with van der Waals surface area (Å²) < 4.78 is 30.4. The molecule has 0 aliphatic carbocycles. The van der Waals surface area contributed by atoms with E-state index in [1.807, 2.05) is 47.8 Å². The normalized spacial score (nSPS) is 13.0. The summed E-state index contributed by atoms with van der Waals surface area (Å²) in [6.45, 7) is 2.35. The van der Waals surface area contributed by atoms with Crippen LogP contribution in [0.5, 0.6) is 23.0 Å². The Kier molecular flexibility index (Phi) is 14.4. The second kappa shape index (κ2) is 21.7. The number of aromatic nitrogens is 4. The number of esters is 1. The van der Waals surface area contributed by atoms with Crippen LogP contribution in [0, 0.1) is 0 Å². The molecule has 0 radical (unpaired) electrons. The number of aromatic amines is 1. The highest BCUT2D eigenvalue weighted by Gasteiger charge is 2.53. The summed E-state index contributed by atoms with van der Waals surface area (Å²) in [7, 11) is 0. The van der Waals surface area contributed by atoms with Gasteiger partial charge in [0.2, 0.25) is 10.3 Å². The first kappa shape index (κ1) is 48.5. The van der Waals surface area contributed by atoms with Crippen molar-refractivity contribution < 1.29 is 43.5 Å². The second-order valence-corrected chi connectivity index (χ2v) is 18.4. The third-order valence-corrected chi connectivity index (χ3v) is 13.3. The molecule has 0 saturated carbocycles. The summed E-state index contributed by atoms with van der Waals surface area (Å²) in [6.07, 6.45) is 2.23. The number of hydrogen-bond donors (Lipinski definition) is 6. The molecule has 8 aromatic rings. The van der Waals surface area contributed by atoms with E-state index >= 15 is 0 Å². The number of H-pyrrole nitrogens is 1. The molecule has 10 rings (SSSR count). The number of carbonyl (C=O) groups is 2. The zero-order valence-corrected chi connectivity index (χ0v) is 40.9. The van der Waals surface area contributed by atoms with Crippen LogP contribution in [0.3, 0.4) is 0 Å². The fourth-order valence-corrected chi connectivity index (χ4v) is 9.60. The molecular weight excluding hydrogens is 995 g/mol. The highest BCUT2D eigenvalue weighted by Crippen LogP contribution is 2.57. The summed E-state index contributed by atoms with van der Waals surface area (Å²) in [6, 6.07) is 30.9. The molecule has 73 heavy (non-hydrogen) atoms. The molecule has 0 fully saturated rings. The van der Waals surface area contributed by atoms with Crippen LogP contribution < -0.4 is 26.2 Å². The van der Waals surface area contributed by atoms with Crippen molar-refractivity contribution in [2.24, 2.45) is 10.2 Å². The van der Waals surface area contributed by atoms with Gasteiger partial charge in [0, 0.05) is 81.3 Å². The molecule has 2 aliphatic heterocycles. The van der Waals surface area contributed by atoms with Crippen LogP contribution in [0.2, 0.25) is 0 Å². The highest BCUT2D eigenvalue weighted by atomic mass is 32.1. The molecule has 0 atom stereocenters. The van der Waals surface area contributed by atoms with E-state index in [4.69, 9.17) is 40.9 Å². The van der Waals surface area contributed by atoms with Crippen LogP contribution in [-0.4, -0.2) is 93.3 Å². The Hall–Kier alpha value is -8.12. The van der Waals surface area contributed by atoms with Gasteiger partial charge in [0.1, 0.15) is 29.7 Å². The minimum Gasteiger partial charge on any atom is -0.508 e. The molecule has 0 bridgehead atoms. The standard InChI is InChI=1S/C51H43N9O10S3/c61-34-12-15-38-41(26-34)69-42-27-35(62)13-16-39(42)51(38)37-14-11-33(25-36(37)47(65)70-51)55-48(71)54-29-68-23-22-67-21-20-66-19-4-17-52-45(63)32-9-7-30(8-10-32)40-28-73-50(56-40)60-46(64)44(57-58-49-53-18-24-72-49)43(59-60)31-5-2-1-3-6-31/h1-3,5-16,18,24-28,59,61-62H,4,17,19-23,29H2,(H,52,63)(H2,54,55,71). The van der Waals surface area contributed by atoms with E-state index in [1.165, 1.54) is 51.6 Å². The number of azo groups is 1. The summed E-state index contributed by atoms with van der Waals surface area (Å²) >= 11 is 8.06. The van der Waals surface area contributed by atoms with Gasteiger partial charge >= 0.3 is 11.5 Å². The van der Waals surface area contributed by atoms with Crippen LogP contribution in [0.1, 0.15) is 43.8 Å². The van der Waals surface area contributed by atoms with Crippen molar-refractivity contribution in [1.29, 1.82) is 0 Å². The van der Waals surface area contributed by atoms with Crippen LogP contribution in [-0.2, 0) is 24.5 Å². The van der Waals surface area contributed by atoms with Gasteiger partial charge in [0.05, 0.1) is 43.4 Å². The van der Waals surface area contributed by atoms with Crippen LogP contribution in [0.25, 0.3) is 27.6 Å². The predicted molar refractivity (Wildman–Crippen MR) is 276 cm³/mol. The quantitative estimate of drug-likeness (QED) is 0.0146. The molecule has 0 saturated heterocycles. The zero-order chi connectivity index (χ0) is 50.3. The number of phenols is 2. The first-order valence-corrected chi connectivity index (χ1v) is 24.9. The van der Waals surface area contributed by atoms with Crippen molar-refractivity contribution >= 4 is 68.4 Å². The Morgan fingerprint density at radius 2 is 1.51 bits per heavy atom. The summed E-state index contributed by atoms with van der Waals surface area (Å²) in [5.74, 6) is -0.231. The van der Waals surface area contributed by atoms with E-state index in [2.05, 4.69) is 36.3 Å². The lowest BCUT2D eigenvalue weighted by molar-refractivity contribution is 0.0131. The Labute approximate surface area is 429 Å². The molecule has 22 heteroatoms. The first-order chi connectivity index (χ1) is 35.6. The van der Waals surface area contributed by atoms with E-state index in [-0.39, 0.29) is 34.9 Å². The number of fused-ring (bicyclic) bond motifs is 6. The van der Waals surface area contributed by atoms with Gasteiger partial charge in [-0.15, -0.1) is 32.9 Å². The number of carbonyl (C=O) groups excluding carboxylic acids is 2. The Morgan fingerprint density at radius 1 is 0.795 bits per heavy atom.